The molecule has 0 radical (unpaired) electrons. The Hall–Kier alpha value is -2.92. The van der Waals surface area contributed by atoms with Crippen LogP contribution in [0.15, 0.2) is 47.3 Å². The maximum Gasteiger partial charge on any atom is 0.331 e. The van der Waals surface area contributed by atoms with Gasteiger partial charge in [-0.25, -0.2) is 4.79 Å². The predicted molar refractivity (Wildman–Crippen MR) is 110 cm³/mol. The summed E-state index contributed by atoms with van der Waals surface area (Å²) in [4.78, 5) is 24.5. The minimum absolute atomic E-state index is 0.0902. The van der Waals surface area contributed by atoms with E-state index in [1.807, 2.05) is 31.2 Å². The molecule has 0 fully saturated rings. The largest absolute Gasteiger partial charge is 0.467 e. The molecular formula is C23H25NO4. The first kappa shape index (κ1) is 19.8. The second-order valence-electron chi connectivity index (χ2n) is 7.02. The fraction of sp³-hybridized carbons (Fsp3) is 0.304. The molecule has 5 heteroatoms. The summed E-state index contributed by atoms with van der Waals surface area (Å²) < 4.78 is 12.1. The molecule has 3 aromatic rings. The third kappa shape index (κ3) is 3.58. The summed E-state index contributed by atoms with van der Waals surface area (Å²) in [7, 11) is 3.07. The smallest absolute Gasteiger partial charge is 0.331 e. The van der Waals surface area contributed by atoms with E-state index in [4.69, 9.17) is 4.74 Å². The Morgan fingerprint density at radius 1 is 1.11 bits per heavy atom. The molecule has 0 saturated heterocycles. The van der Waals surface area contributed by atoms with E-state index in [0.717, 1.165) is 27.8 Å². The molecule has 0 aliphatic heterocycles. The molecule has 0 aliphatic rings. The number of pyridine rings is 1. The molecule has 1 aromatic heterocycles. The van der Waals surface area contributed by atoms with Crippen molar-refractivity contribution in [2.75, 3.05) is 13.7 Å². The average molecular weight is 379 g/mol. The first-order chi connectivity index (χ1) is 13.3. The van der Waals surface area contributed by atoms with Gasteiger partial charge in [-0.2, -0.15) is 0 Å². The highest BCUT2D eigenvalue weighted by molar-refractivity contribution is 5.98. The Morgan fingerprint density at radius 3 is 2.43 bits per heavy atom. The molecule has 3 rings (SSSR count). The summed E-state index contributed by atoms with van der Waals surface area (Å²) in [5.41, 5.74) is 4.93. The van der Waals surface area contributed by atoms with E-state index < -0.39 is 12.1 Å². The lowest BCUT2D eigenvalue weighted by Crippen LogP contribution is -2.25. The van der Waals surface area contributed by atoms with E-state index in [9.17, 15) is 9.59 Å². The van der Waals surface area contributed by atoms with Crippen molar-refractivity contribution in [3.05, 3.63) is 69.6 Å². The minimum Gasteiger partial charge on any atom is -0.467 e. The molecule has 0 saturated carbocycles. The van der Waals surface area contributed by atoms with Crippen LogP contribution in [-0.4, -0.2) is 24.3 Å². The van der Waals surface area contributed by atoms with Gasteiger partial charge in [-0.05, 0) is 43.4 Å². The number of carbonyl (C=O) groups excluding carboxylic acids is 1. The molecule has 0 amide bonds. The quantitative estimate of drug-likeness (QED) is 0.627. The Balaban J connectivity index is 2.31. The predicted octanol–water partition coefficient (Wildman–Crippen LogP) is 4.07. The van der Waals surface area contributed by atoms with Crippen LogP contribution in [0.1, 0.15) is 29.8 Å². The van der Waals surface area contributed by atoms with Crippen LogP contribution in [0.5, 0.6) is 0 Å². The molecule has 5 nitrogen and oxygen atoms in total. The third-order valence-electron chi connectivity index (χ3n) is 5.06. The summed E-state index contributed by atoms with van der Waals surface area (Å²) in [6.45, 7) is 5.79. The zero-order chi connectivity index (χ0) is 20.4. The van der Waals surface area contributed by atoms with Crippen molar-refractivity contribution in [1.29, 1.82) is 0 Å². The van der Waals surface area contributed by atoms with Gasteiger partial charge in [0.2, 0.25) is 0 Å². The molecule has 1 unspecified atom stereocenters. The molecule has 1 atom stereocenters. The second kappa shape index (κ2) is 7.98. The summed E-state index contributed by atoms with van der Waals surface area (Å²) >= 11 is 0. The van der Waals surface area contributed by atoms with Gasteiger partial charge in [0.1, 0.15) is 6.61 Å². The first-order valence-electron chi connectivity index (χ1n) is 9.22. The average Bonchev–Trinajstić information content (AvgIpc) is 2.69. The van der Waals surface area contributed by atoms with Crippen LogP contribution in [0.25, 0.3) is 21.9 Å². The Bertz CT molecular complexity index is 1100. The van der Waals surface area contributed by atoms with Crippen LogP contribution >= 0.6 is 0 Å². The van der Waals surface area contributed by atoms with Gasteiger partial charge in [-0.3, -0.25) is 4.79 Å². The van der Waals surface area contributed by atoms with Crippen molar-refractivity contribution in [2.45, 2.75) is 26.9 Å². The number of hydrogen-bond donors (Lipinski definition) is 0. The number of aryl methyl sites for hydroxylation is 2. The number of rotatable bonds is 5. The van der Waals surface area contributed by atoms with Gasteiger partial charge < -0.3 is 14.0 Å². The lowest BCUT2D eigenvalue weighted by molar-refractivity contribution is -0.147. The highest BCUT2D eigenvalue weighted by atomic mass is 16.6. The third-order valence-corrected chi connectivity index (χ3v) is 5.06. The van der Waals surface area contributed by atoms with Gasteiger partial charge in [0.05, 0.1) is 18.9 Å². The molecule has 0 aliphatic carbocycles. The topological polar surface area (TPSA) is 57.5 Å². The van der Waals surface area contributed by atoms with Crippen LogP contribution in [0.3, 0.4) is 0 Å². The zero-order valence-electron chi connectivity index (χ0n) is 16.9. The van der Waals surface area contributed by atoms with Gasteiger partial charge in [0, 0.05) is 18.0 Å². The van der Waals surface area contributed by atoms with Crippen LogP contribution in [0.2, 0.25) is 0 Å². The molecule has 146 valence electrons. The highest BCUT2D eigenvalue weighted by Crippen LogP contribution is 2.36. The number of benzene rings is 2. The van der Waals surface area contributed by atoms with Crippen LogP contribution < -0.4 is 5.56 Å². The van der Waals surface area contributed by atoms with Crippen molar-refractivity contribution in [3.63, 3.8) is 0 Å². The van der Waals surface area contributed by atoms with Gasteiger partial charge in [-0.15, -0.1) is 0 Å². The van der Waals surface area contributed by atoms with Crippen molar-refractivity contribution >= 4 is 16.7 Å². The lowest BCUT2D eigenvalue weighted by atomic mass is 9.91. The molecule has 28 heavy (non-hydrogen) atoms. The first-order valence-corrected chi connectivity index (χ1v) is 9.22. The molecule has 0 bridgehead atoms. The molecule has 0 N–H and O–H groups in total. The van der Waals surface area contributed by atoms with E-state index in [1.165, 1.54) is 12.7 Å². The lowest BCUT2D eigenvalue weighted by Gasteiger charge is -2.23. The van der Waals surface area contributed by atoms with Gasteiger partial charge >= 0.3 is 5.97 Å². The van der Waals surface area contributed by atoms with Gasteiger partial charge in [0.25, 0.3) is 5.56 Å². The molecular weight excluding hydrogens is 354 g/mol. The van der Waals surface area contributed by atoms with E-state index in [-0.39, 0.29) is 12.2 Å². The molecule has 1 heterocycles. The Kier molecular flexibility index (Phi) is 5.66. The fourth-order valence-corrected chi connectivity index (χ4v) is 3.67. The van der Waals surface area contributed by atoms with Crippen molar-refractivity contribution in [2.24, 2.45) is 7.05 Å². The monoisotopic (exact) mass is 379 g/mol. The molecule has 0 spiro atoms. The van der Waals surface area contributed by atoms with Gasteiger partial charge in [0.15, 0.2) is 0 Å². The number of ether oxygens (including phenoxy) is 2. The summed E-state index contributed by atoms with van der Waals surface area (Å²) in [5, 5.41) is 1.53. The maximum absolute atomic E-state index is 13.0. The van der Waals surface area contributed by atoms with Gasteiger partial charge in [-0.1, -0.05) is 42.0 Å². The number of methoxy groups -OCH3 is 1. The van der Waals surface area contributed by atoms with Crippen LogP contribution in [0.4, 0.5) is 0 Å². The Morgan fingerprint density at radius 2 is 1.79 bits per heavy atom. The van der Waals surface area contributed by atoms with Crippen molar-refractivity contribution in [1.82, 2.24) is 4.57 Å². The Labute approximate surface area is 164 Å². The second-order valence-corrected chi connectivity index (χ2v) is 7.02. The number of nitrogens with zero attached hydrogens (tertiary/aromatic N) is 1. The van der Waals surface area contributed by atoms with E-state index >= 15 is 0 Å². The number of esters is 1. The van der Waals surface area contributed by atoms with Crippen LogP contribution in [-0.2, 0) is 21.3 Å². The minimum atomic E-state index is -0.475. The van der Waals surface area contributed by atoms with Crippen LogP contribution in [0, 0.1) is 13.8 Å². The standard InChI is InChI=1S/C23H25NO4/c1-14-10-11-17(15(2)12-14)21-18-8-6-7-9-19(18)23(26)24(4)22(21)16(3)28-13-20(25)27-5/h6-12,16H,13H2,1-5H3. The van der Waals surface area contributed by atoms with Crippen molar-refractivity contribution in [3.8, 4) is 11.1 Å². The number of fused-ring (bicyclic) bond motifs is 1. The summed E-state index contributed by atoms with van der Waals surface area (Å²) in [6, 6.07) is 13.9. The summed E-state index contributed by atoms with van der Waals surface area (Å²) in [5.74, 6) is -0.453. The maximum atomic E-state index is 13.0. The van der Waals surface area contributed by atoms with Crippen molar-refractivity contribution < 1.29 is 14.3 Å². The zero-order valence-corrected chi connectivity index (χ0v) is 16.9. The highest BCUT2D eigenvalue weighted by Gasteiger charge is 2.22. The normalized spacial score (nSPS) is 12.2. The summed E-state index contributed by atoms with van der Waals surface area (Å²) in [6.07, 6.45) is -0.475. The number of hydrogen-bond acceptors (Lipinski definition) is 4. The number of carbonyl (C=O) groups is 1. The molecule has 2 aromatic carbocycles. The fourth-order valence-electron chi connectivity index (χ4n) is 3.67. The number of aromatic nitrogens is 1. The van der Waals surface area contributed by atoms with E-state index in [1.54, 1.807) is 11.6 Å². The van der Waals surface area contributed by atoms with E-state index in [0.29, 0.717) is 5.39 Å². The SMILES string of the molecule is COC(=O)COC(C)c1c(-c2ccc(C)cc2C)c2ccccc2c(=O)n1C. The van der Waals surface area contributed by atoms with E-state index in [2.05, 4.69) is 36.8 Å².